The topological polar surface area (TPSA) is 69.2 Å². The third kappa shape index (κ3) is 4.99. The van der Waals surface area contributed by atoms with Crippen LogP contribution in [0, 0.1) is 0 Å². The van der Waals surface area contributed by atoms with Crippen LogP contribution in [0.3, 0.4) is 0 Å². The van der Waals surface area contributed by atoms with Gasteiger partial charge >= 0.3 is 0 Å². The summed E-state index contributed by atoms with van der Waals surface area (Å²) in [6.45, 7) is -0.136. The zero-order valence-corrected chi connectivity index (χ0v) is 14.9. The molecule has 0 saturated heterocycles. The van der Waals surface area contributed by atoms with E-state index in [2.05, 4.69) is 26.5 Å². The summed E-state index contributed by atoms with van der Waals surface area (Å²) in [4.78, 5) is 11.8. The normalized spacial score (nSPS) is 10.5. The van der Waals surface area contributed by atoms with E-state index >= 15 is 0 Å². The Morgan fingerprint density at radius 3 is 2.71 bits per heavy atom. The number of hydrazone groups is 1. The van der Waals surface area contributed by atoms with Crippen LogP contribution in [0.25, 0.3) is 0 Å². The van der Waals surface area contributed by atoms with Crippen LogP contribution in [-0.2, 0) is 4.79 Å². The van der Waals surface area contributed by atoms with Crippen LogP contribution in [0.2, 0.25) is 0 Å². The molecule has 0 aliphatic heterocycles. The van der Waals surface area contributed by atoms with Crippen molar-refractivity contribution in [2.75, 3.05) is 20.8 Å². The molecule has 0 aromatic heterocycles. The van der Waals surface area contributed by atoms with Crippen LogP contribution in [0.15, 0.2) is 52.0 Å². The average molecular weight is 393 g/mol. The zero-order chi connectivity index (χ0) is 17.4. The first kappa shape index (κ1) is 17.8. The number of carbonyl (C=O) groups is 1. The molecule has 7 heteroatoms. The van der Waals surface area contributed by atoms with Crippen molar-refractivity contribution in [2.24, 2.45) is 5.10 Å². The first-order chi connectivity index (χ1) is 11.6. The molecule has 0 saturated carbocycles. The number of amides is 1. The smallest absolute Gasteiger partial charge is 0.277 e. The SMILES string of the molecule is COc1cccc(/C=N\NC(=O)COc2cccc(Br)c2)c1OC. The Kier molecular flexibility index (Phi) is 6.62. The molecule has 0 spiro atoms. The number of halogens is 1. The van der Waals surface area contributed by atoms with Crippen molar-refractivity contribution in [1.82, 2.24) is 5.43 Å². The van der Waals surface area contributed by atoms with Gasteiger partial charge in [0.2, 0.25) is 0 Å². The molecular weight excluding hydrogens is 376 g/mol. The fourth-order valence-corrected chi connectivity index (χ4v) is 2.30. The molecule has 1 amide bonds. The third-order valence-electron chi connectivity index (χ3n) is 2.99. The van der Waals surface area contributed by atoms with Crippen LogP contribution in [0.1, 0.15) is 5.56 Å². The number of ether oxygens (including phenoxy) is 3. The second-order valence-electron chi connectivity index (χ2n) is 4.62. The number of benzene rings is 2. The highest BCUT2D eigenvalue weighted by atomic mass is 79.9. The molecule has 0 aliphatic carbocycles. The van der Waals surface area contributed by atoms with Gasteiger partial charge in [-0.3, -0.25) is 4.79 Å². The fraction of sp³-hybridized carbons (Fsp3) is 0.176. The highest BCUT2D eigenvalue weighted by Gasteiger charge is 2.07. The maximum absolute atomic E-state index is 11.8. The number of nitrogens with zero attached hydrogens (tertiary/aromatic N) is 1. The summed E-state index contributed by atoms with van der Waals surface area (Å²) in [6.07, 6.45) is 1.48. The first-order valence-corrected chi connectivity index (χ1v) is 7.84. The molecular formula is C17H17BrN2O4. The number of methoxy groups -OCH3 is 2. The highest BCUT2D eigenvalue weighted by molar-refractivity contribution is 9.10. The van der Waals surface area contributed by atoms with E-state index in [4.69, 9.17) is 14.2 Å². The molecule has 2 aromatic rings. The average Bonchev–Trinajstić information content (AvgIpc) is 2.59. The molecule has 2 aromatic carbocycles. The predicted molar refractivity (Wildman–Crippen MR) is 94.9 cm³/mol. The molecule has 0 atom stereocenters. The largest absolute Gasteiger partial charge is 0.493 e. The van der Waals surface area contributed by atoms with Crippen LogP contribution in [-0.4, -0.2) is 32.9 Å². The summed E-state index contributed by atoms with van der Waals surface area (Å²) in [5, 5.41) is 3.91. The van der Waals surface area contributed by atoms with Gasteiger partial charge in [-0.2, -0.15) is 5.10 Å². The van der Waals surface area contributed by atoms with E-state index in [9.17, 15) is 4.79 Å². The summed E-state index contributed by atoms with van der Waals surface area (Å²) in [6, 6.07) is 12.6. The molecule has 0 unspecified atom stereocenters. The van der Waals surface area contributed by atoms with Crippen molar-refractivity contribution in [3.05, 3.63) is 52.5 Å². The van der Waals surface area contributed by atoms with Crippen molar-refractivity contribution < 1.29 is 19.0 Å². The van der Waals surface area contributed by atoms with Crippen molar-refractivity contribution in [3.63, 3.8) is 0 Å². The second kappa shape index (κ2) is 8.93. The number of carbonyl (C=O) groups excluding carboxylic acids is 1. The molecule has 1 N–H and O–H groups in total. The van der Waals surface area contributed by atoms with Crippen molar-refractivity contribution in [1.29, 1.82) is 0 Å². The van der Waals surface area contributed by atoms with E-state index in [-0.39, 0.29) is 12.5 Å². The molecule has 0 bridgehead atoms. The number of para-hydroxylation sites is 1. The Morgan fingerprint density at radius 2 is 2.00 bits per heavy atom. The fourth-order valence-electron chi connectivity index (χ4n) is 1.93. The van der Waals surface area contributed by atoms with Crippen LogP contribution < -0.4 is 19.6 Å². The number of hydrogen-bond acceptors (Lipinski definition) is 5. The molecule has 0 aliphatic rings. The van der Waals surface area contributed by atoms with Gasteiger partial charge in [0.1, 0.15) is 5.75 Å². The van der Waals surface area contributed by atoms with Gasteiger partial charge in [-0.25, -0.2) is 5.43 Å². The minimum atomic E-state index is -0.368. The number of nitrogens with one attached hydrogen (secondary N) is 1. The minimum absolute atomic E-state index is 0.136. The number of hydrogen-bond donors (Lipinski definition) is 1. The molecule has 2 rings (SSSR count). The molecule has 24 heavy (non-hydrogen) atoms. The number of rotatable bonds is 7. The van der Waals surface area contributed by atoms with Crippen molar-refractivity contribution in [3.8, 4) is 17.2 Å². The van der Waals surface area contributed by atoms with Gasteiger partial charge < -0.3 is 14.2 Å². The van der Waals surface area contributed by atoms with E-state index in [1.807, 2.05) is 12.1 Å². The molecule has 0 heterocycles. The Hall–Kier alpha value is -2.54. The summed E-state index contributed by atoms with van der Waals surface area (Å²) in [5.41, 5.74) is 3.09. The van der Waals surface area contributed by atoms with Crippen molar-refractivity contribution >= 4 is 28.1 Å². The predicted octanol–water partition coefficient (Wildman–Crippen LogP) is 3.00. The van der Waals surface area contributed by atoms with Crippen molar-refractivity contribution in [2.45, 2.75) is 0 Å². The summed E-state index contributed by atoms with van der Waals surface area (Å²) in [7, 11) is 3.10. The van der Waals surface area contributed by atoms with E-state index in [0.717, 1.165) is 4.47 Å². The minimum Gasteiger partial charge on any atom is -0.493 e. The van der Waals surface area contributed by atoms with Gasteiger partial charge in [-0.15, -0.1) is 0 Å². The monoisotopic (exact) mass is 392 g/mol. The standard InChI is InChI=1S/C17H17BrN2O4/c1-22-15-8-3-5-12(17(15)23-2)10-19-20-16(21)11-24-14-7-4-6-13(18)9-14/h3-10H,11H2,1-2H3,(H,20,21)/b19-10-. The Bertz CT molecular complexity index is 734. The lowest BCUT2D eigenvalue weighted by Gasteiger charge is -2.09. The maximum atomic E-state index is 11.8. The third-order valence-corrected chi connectivity index (χ3v) is 3.49. The Balaban J connectivity index is 1.91. The van der Waals surface area contributed by atoms with E-state index in [1.165, 1.54) is 6.21 Å². The van der Waals surface area contributed by atoms with Crippen LogP contribution in [0.4, 0.5) is 0 Å². The second-order valence-corrected chi connectivity index (χ2v) is 5.54. The lowest BCUT2D eigenvalue weighted by atomic mass is 10.2. The lowest BCUT2D eigenvalue weighted by Crippen LogP contribution is -2.24. The first-order valence-electron chi connectivity index (χ1n) is 7.05. The van der Waals surface area contributed by atoms with E-state index in [0.29, 0.717) is 22.8 Å². The lowest BCUT2D eigenvalue weighted by molar-refractivity contribution is -0.123. The molecule has 0 radical (unpaired) electrons. The molecule has 6 nitrogen and oxygen atoms in total. The van der Waals surface area contributed by atoms with Gasteiger partial charge in [0, 0.05) is 10.0 Å². The van der Waals surface area contributed by atoms with Gasteiger partial charge in [0.15, 0.2) is 18.1 Å². The van der Waals surface area contributed by atoms with Crippen LogP contribution in [0.5, 0.6) is 17.2 Å². The Morgan fingerprint density at radius 1 is 1.21 bits per heavy atom. The van der Waals surface area contributed by atoms with E-state index in [1.54, 1.807) is 44.6 Å². The molecule has 0 fully saturated rings. The zero-order valence-electron chi connectivity index (χ0n) is 13.3. The quantitative estimate of drug-likeness (QED) is 0.580. The van der Waals surface area contributed by atoms with Gasteiger partial charge in [-0.05, 0) is 30.3 Å². The summed E-state index contributed by atoms with van der Waals surface area (Å²) in [5.74, 6) is 1.36. The van der Waals surface area contributed by atoms with E-state index < -0.39 is 0 Å². The highest BCUT2D eigenvalue weighted by Crippen LogP contribution is 2.29. The van der Waals surface area contributed by atoms with Gasteiger partial charge in [0.25, 0.3) is 5.91 Å². The maximum Gasteiger partial charge on any atom is 0.277 e. The van der Waals surface area contributed by atoms with Crippen LogP contribution >= 0.6 is 15.9 Å². The van der Waals surface area contributed by atoms with Gasteiger partial charge in [0.05, 0.1) is 20.4 Å². The summed E-state index contributed by atoms with van der Waals surface area (Å²) < 4.78 is 16.7. The van der Waals surface area contributed by atoms with Gasteiger partial charge in [-0.1, -0.05) is 28.1 Å². The Labute approximate surface area is 148 Å². The molecule has 126 valence electrons. The summed E-state index contributed by atoms with van der Waals surface area (Å²) >= 11 is 3.34.